The molecule has 1 aliphatic rings. The third-order valence-electron chi connectivity index (χ3n) is 4.41. The molecule has 1 saturated heterocycles. The molecule has 0 spiro atoms. The van der Waals surface area contributed by atoms with Crippen LogP contribution in [0.4, 0.5) is 0 Å². The highest BCUT2D eigenvalue weighted by Crippen LogP contribution is 2.17. The van der Waals surface area contributed by atoms with Crippen LogP contribution in [0.5, 0.6) is 0 Å². The predicted molar refractivity (Wildman–Crippen MR) is 100 cm³/mol. The van der Waals surface area contributed by atoms with Crippen molar-refractivity contribution in [2.75, 3.05) is 6.54 Å². The van der Waals surface area contributed by atoms with E-state index in [1.54, 1.807) is 0 Å². The Kier molecular flexibility index (Phi) is 6.03. The Morgan fingerprint density at radius 1 is 0.885 bits per heavy atom. The number of nitrogens with zero attached hydrogens (tertiary/aromatic N) is 1. The van der Waals surface area contributed by atoms with Gasteiger partial charge in [0, 0.05) is 32.6 Å². The van der Waals surface area contributed by atoms with Gasteiger partial charge in [-0.1, -0.05) is 54.6 Å². The van der Waals surface area contributed by atoms with Gasteiger partial charge in [-0.3, -0.25) is 4.79 Å². The summed E-state index contributed by atoms with van der Waals surface area (Å²) in [4.78, 5) is 13.7. The molecule has 2 aromatic rings. The molecule has 1 aliphatic heterocycles. The second-order valence-corrected chi connectivity index (χ2v) is 7.90. The van der Waals surface area contributed by atoms with Crippen molar-refractivity contribution in [3.8, 4) is 0 Å². The Labute approximate surface area is 154 Å². The maximum absolute atomic E-state index is 12.2. The van der Waals surface area contributed by atoms with Crippen LogP contribution in [0.25, 0.3) is 0 Å². The van der Waals surface area contributed by atoms with Gasteiger partial charge in [-0.2, -0.15) is 17.9 Å². The number of carbonyl (C=O) groups is 1. The van der Waals surface area contributed by atoms with Gasteiger partial charge in [0.1, 0.15) is 0 Å². The highest BCUT2D eigenvalue weighted by molar-refractivity contribution is 7.87. The van der Waals surface area contributed by atoms with Crippen molar-refractivity contribution in [1.82, 2.24) is 14.3 Å². The molecule has 138 valence electrons. The zero-order valence-electron chi connectivity index (χ0n) is 14.5. The molecule has 1 heterocycles. The van der Waals surface area contributed by atoms with Crippen LogP contribution in [0.1, 0.15) is 29.5 Å². The van der Waals surface area contributed by atoms with E-state index in [-0.39, 0.29) is 19.0 Å². The molecule has 0 radical (unpaired) electrons. The van der Waals surface area contributed by atoms with Gasteiger partial charge in [-0.25, -0.2) is 0 Å². The molecule has 0 saturated carbocycles. The van der Waals surface area contributed by atoms with Crippen molar-refractivity contribution in [1.29, 1.82) is 0 Å². The van der Waals surface area contributed by atoms with Crippen molar-refractivity contribution in [3.63, 3.8) is 0 Å². The lowest BCUT2D eigenvalue weighted by molar-refractivity contribution is -0.128. The van der Waals surface area contributed by atoms with Crippen LogP contribution in [0.15, 0.2) is 54.6 Å². The van der Waals surface area contributed by atoms with Gasteiger partial charge in [0.05, 0.1) is 0 Å². The van der Waals surface area contributed by atoms with E-state index in [9.17, 15) is 13.2 Å². The molecule has 1 fully saturated rings. The molecular weight excluding hydrogens is 350 g/mol. The molecule has 2 aromatic carbocycles. The summed E-state index contributed by atoms with van der Waals surface area (Å²) < 4.78 is 29.5. The summed E-state index contributed by atoms with van der Waals surface area (Å²) in [6, 6.07) is 17.0. The van der Waals surface area contributed by atoms with Gasteiger partial charge in [0.15, 0.2) is 0 Å². The summed E-state index contributed by atoms with van der Waals surface area (Å²) >= 11 is 0. The monoisotopic (exact) mass is 373 g/mol. The fraction of sp³-hybridized carbons (Fsp3) is 0.316. The second-order valence-electron chi connectivity index (χ2n) is 6.32. The van der Waals surface area contributed by atoms with Crippen molar-refractivity contribution < 1.29 is 13.2 Å². The highest BCUT2D eigenvalue weighted by atomic mass is 32.2. The first kappa shape index (κ1) is 18.6. The minimum Gasteiger partial charge on any atom is -0.338 e. The fourth-order valence-corrected chi connectivity index (χ4v) is 3.76. The van der Waals surface area contributed by atoms with Crippen molar-refractivity contribution in [2.45, 2.75) is 32.5 Å². The Balaban J connectivity index is 1.59. The zero-order chi connectivity index (χ0) is 18.4. The first-order chi connectivity index (χ1) is 12.5. The van der Waals surface area contributed by atoms with Gasteiger partial charge < -0.3 is 4.90 Å². The summed E-state index contributed by atoms with van der Waals surface area (Å²) in [6.07, 6.45) is 1.48. The minimum atomic E-state index is -3.61. The normalized spacial score (nSPS) is 14.8. The van der Waals surface area contributed by atoms with Crippen LogP contribution in [0, 0.1) is 0 Å². The smallest absolute Gasteiger partial charge is 0.277 e. The quantitative estimate of drug-likeness (QED) is 0.742. The molecule has 7 heteroatoms. The number of amides is 1. The number of likely N-dealkylation sites (tertiary alicyclic amines) is 1. The van der Waals surface area contributed by atoms with Gasteiger partial charge in [0.25, 0.3) is 10.2 Å². The SMILES string of the molecule is O=C1CCCN1Cc1ccccc1CNS(=O)(=O)NCc1ccccc1. The van der Waals surface area contributed by atoms with E-state index in [1.807, 2.05) is 59.5 Å². The van der Waals surface area contributed by atoms with E-state index in [4.69, 9.17) is 0 Å². The second kappa shape index (κ2) is 8.44. The van der Waals surface area contributed by atoms with Crippen LogP contribution in [-0.4, -0.2) is 25.8 Å². The zero-order valence-corrected chi connectivity index (χ0v) is 15.3. The Hall–Kier alpha value is -2.22. The Morgan fingerprint density at radius 2 is 1.54 bits per heavy atom. The summed E-state index contributed by atoms with van der Waals surface area (Å²) in [6.45, 7) is 1.70. The van der Waals surface area contributed by atoms with Crippen LogP contribution in [0.3, 0.4) is 0 Å². The van der Waals surface area contributed by atoms with E-state index in [0.717, 1.165) is 29.7 Å². The third kappa shape index (κ3) is 5.14. The maximum Gasteiger partial charge on any atom is 0.277 e. The number of carbonyl (C=O) groups excluding carboxylic acids is 1. The minimum absolute atomic E-state index is 0.157. The van der Waals surface area contributed by atoms with Gasteiger partial charge in [0.2, 0.25) is 5.91 Å². The molecule has 6 nitrogen and oxygen atoms in total. The Bertz CT molecular complexity index is 853. The summed E-state index contributed by atoms with van der Waals surface area (Å²) in [5.41, 5.74) is 2.73. The third-order valence-corrected chi connectivity index (χ3v) is 5.46. The summed E-state index contributed by atoms with van der Waals surface area (Å²) in [5, 5.41) is 0. The van der Waals surface area contributed by atoms with Crippen molar-refractivity contribution in [3.05, 3.63) is 71.3 Å². The fourth-order valence-electron chi connectivity index (χ4n) is 2.96. The number of rotatable bonds is 8. The van der Waals surface area contributed by atoms with E-state index in [2.05, 4.69) is 9.44 Å². The number of nitrogens with one attached hydrogen (secondary N) is 2. The lowest BCUT2D eigenvalue weighted by Crippen LogP contribution is -2.36. The molecule has 0 aliphatic carbocycles. The average Bonchev–Trinajstić information content (AvgIpc) is 3.05. The van der Waals surface area contributed by atoms with E-state index >= 15 is 0 Å². The van der Waals surface area contributed by atoms with E-state index in [1.165, 1.54) is 0 Å². The van der Waals surface area contributed by atoms with Crippen LogP contribution < -0.4 is 9.44 Å². The first-order valence-corrected chi connectivity index (χ1v) is 10.1. The molecule has 0 bridgehead atoms. The van der Waals surface area contributed by atoms with E-state index in [0.29, 0.717) is 13.0 Å². The van der Waals surface area contributed by atoms with Gasteiger partial charge >= 0.3 is 0 Å². The molecule has 1 amide bonds. The largest absolute Gasteiger partial charge is 0.338 e. The molecule has 26 heavy (non-hydrogen) atoms. The molecule has 2 N–H and O–H groups in total. The van der Waals surface area contributed by atoms with Crippen LogP contribution in [0.2, 0.25) is 0 Å². The topological polar surface area (TPSA) is 78.5 Å². The highest BCUT2D eigenvalue weighted by Gasteiger charge is 2.21. The number of hydrogen-bond donors (Lipinski definition) is 2. The van der Waals surface area contributed by atoms with Gasteiger partial charge in [-0.15, -0.1) is 0 Å². The van der Waals surface area contributed by atoms with Crippen molar-refractivity contribution in [2.24, 2.45) is 0 Å². The van der Waals surface area contributed by atoms with E-state index < -0.39 is 10.2 Å². The molecule has 0 unspecified atom stereocenters. The van der Waals surface area contributed by atoms with Crippen molar-refractivity contribution >= 4 is 16.1 Å². The summed E-state index contributed by atoms with van der Waals surface area (Å²) in [7, 11) is -3.61. The number of benzene rings is 2. The maximum atomic E-state index is 12.2. The Morgan fingerprint density at radius 3 is 2.23 bits per heavy atom. The average molecular weight is 373 g/mol. The first-order valence-electron chi connectivity index (χ1n) is 8.66. The molecule has 3 rings (SSSR count). The molecule has 0 aromatic heterocycles. The lowest BCUT2D eigenvalue weighted by Gasteiger charge is -2.18. The van der Waals surface area contributed by atoms with Crippen LogP contribution >= 0.6 is 0 Å². The summed E-state index contributed by atoms with van der Waals surface area (Å²) in [5.74, 6) is 0.157. The van der Waals surface area contributed by atoms with Crippen LogP contribution in [-0.2, 0) is 34.6 Å². The van der Waals surface area contributed by atoms with Gasteiger partial charge in [-0.05, 0) is 23.1 Å². The molecule has 0 atom stereocenters. The lowest BCUT2D eigenvalue weighted by atomic mass is 10.1. The standard InChI is InChI=1S/C19H23N3O3S/c23-19-11-6-12-22(19)15-18-10-5-4-9-17(18)14-21-26(24,25)20-13-16-7-2-1-3-8-16/h1-5,7-10,20-21H,6,11-15H2. The molecular formula is C19H23N3O3S. The number of hydrogen-bond acceptors (Lipinski definition) is 3. The predicted octanol–water partition coefficient (Wildman–Crippen LogP) is 1.93.